The van der Waals surface area contributed by atoms with Gasteiger partial charge in [-0.15, -0.1) is 0 Å². The second-order valence-electron chi connectivity index (χ2n) is 23.1. The molecular weight excluding hydrogens is 1250 g/mol. The fourth-order valence-electron chi connectivity index (χ4n) is 10.9. The van der Waals surface area contributed by atoms with Crippen molar-refractivity contribution < 1.29 is 87.5 Å². The Morgan fingerprint density at radius 3 is 1.50 bits per heavy atom. The van der Waals surface area contributed by atoms with Gasteiger partial charge in [0.15, 0.2) is 0 Å². The highest BCUT2D eigenvalue weighted by Crippen LogP contribution is 2.24. The third-order valence-electron chi connectivity index (χ3n) is 16.1. The Balaban J connectivity index is 1.24. The maximum Gasteiger partial charge on any atom is 0.303 e. The lowest BCUT2D eigenvalue weighted by Crippen LogP contribution is -2.60. The van der Waals surface area contributed by atoms with Gasteiger partial charge in [0, 0.05) is 44.6 Å². The van der Waals surface area contributed by atoms with Gasteiger partial charge in [0.2, 0.25) is 76.8 Å². The normalized spacial score (nSPS) is 18.5. The number of benzene rings is 2. The van der Waals surface area contributed by atoms with Crippen LogP contribution < -0.4 is 65.1 Å². The summed E-state index contributed by atoms with van der Waals surface area (Å²) in [6, 6.07) is -0.536. The molecule has 3 heterocycles. The predicted molar refractivity (Wildman–Crippen MR) is 336 cm³/mol. The van der Waals surface area contributed by atoms with E-state index in [1.54, 1.807) is 30.3 Å². The van der Waals surface area contributed by atoms with Crippen LogP contribution in [-0.2, 0) is 80.0 Å². The molecule has 0 radical (unpaired) electrons. The number of thiol groups is 1. The van der Waals surface area contributed by atoms with Gasteiger partial charge in [-0.3, -0.25) is 67.1 Å². The van der Waals surface area contributed by atoms with E-state index < -0.39 is 188 Å². The van der Waals surface area contributed by atoms with E-state index in [1.807, 2.05) is 0 Å². The van der Waals surface area contributed by atoms with E-state index in [2.05, 4.69) is 60.5 Å². The van der Waals surface area contributed by atoms with Gasteiger partial charge in [0.1, 0.15) is 66.2 Å². The van der Waals surface area contributed by atoms with Gasteiger partial charge in [0.25, 0.3) is 0 Å². The zero-order valence-electron chi connectivity index (χ0n) is 52.1. The first-order chi connectivity index (χ1) is 44.8. The summed E-state index contributed by atoms with van der Waals surface area (Å²) < 4.78 is 0. The molecule has 0 aromatic heterocycles. The molecule has 19 N–H and O–H groups in total. The highest BCUT2D eigenvalue weighted by atomic mass is 32.1. The molecule has 3 saturated heterocycles. The van der Waals surface area contributed by atoms with Gasteiger partial charge >= 0.3 is 5.97 Å². The van der Waals surface area contributed by atoms with Crippen molar-refractivity contribution in [3.63, 3.8) is 0 Å². The first-order valence-electron chi connectivity index (χ1n) is 31.0. The number of aliphatic carboxylic acids is 1. The summed E-state index contributed by atoms with van der Waals surface area (Å²) in [4.78, 5) is 192. The maximum atomic E-state index is 14.6. The van der Waals surface area contributed by atoms with Crippen LogP contribution in [-0.4, -0.2) is 243 Å². The van der Waals surface area contributed by atoms with Crippen molar-refractivity contribution in [2.24, 2.45) is 17.2 Å². The fraction of sp³-hybridized carbons (Fsp3) is 0.567. The lowest BCUT2D eigenvalue weighted by molar-refractivity contribution is -0.145. The molecule has 3 aliphatic rings. The molecule has 33 nitrogen and oxygen atoms in total. The Labute approximate surface area is 547 Å². The number of carbonyl (C=O) groups is 14. The minimum atomic E-state index is -1.75. The number of nitrogens with one attached hydrogen (secondary N) is 9. The van der Waals surface area contributed by atoms with Gasteiger partial charge in [-0.1, -0.05) is 42.5 Å². The number of aliphatic hydroxyl groups excluding tert-OH is 2. The SMILES string of the molecule is C[C@H](NC(=O)[C@H](CO)NC(=O)[C@H](Cc1ccccc1)NC(=O)[C@@H]1CCCN1C(=O)[C@H](CCCCN)NC(=O)[C@@H]1CCCN1C(=O)[C@H](CCC(=O)O)NC(=O)CNC(=O)[C@H](CO)NC(=O)[C@H](Cc1ccc(O)cc1)NC(=O)[C@@H]1CCCN1C(=O)CNC(=O)[C@@H](N)CS)C(N)=O. The topological polar surface area (TPSA) is 516 Å². The molecule has 2 aromatic carbocycles. The minimum absolute atomic E-state index is 0.0122. The number of phenols is 1. The molecule has 34 heteroatoms. The summed E-state index contributed by atoms with van der Waals surface area (Å²) in [6.45, 7) is -1.60. The Bertz CT molecular complexity index is 3020. The molecule has 0 bridgehead atoms. The number of amides is 13. The number of carboxylic acid groups (broad SMARTS) is 1. The van der Waals surface area contributed by atoms with Crippen LogP contribution in [0.15, 0.2) is 54.6 Å². The molecule has 0 spiro atoms. The predicted octanol–water partition coefficient (Wildman–Crippen LogP) is -6.48. The molecule has 516 valence electrons. The number of unbranched alkanes of at least 4 members (excludes halogenated alkanes) is 1. The van der Waals surface area contributed by atoms with Crippen molar-refractivity contribution in [1.82, 2.24) is 62.6 Å². The first kappa shape index (κ1) is 75.7. The van der Waals surface area contributed by atoms with Crippen LogP contribution in [0.3, 0.4) is 0 Å². The largest absolute Gasteiger partial charge is 0.508 e. The number of hydrogen-bond acceptors (Lipinski definition) is 20. The summed E-state index contributed by atoms with van der Waals surface area (Å²) in [5, 5.41) is 62.0. The summed E-state index contributed by atoms with van der Waals surface area (Å²) >= 11 is 3.98. The van der Waals surface area contributed by atoms with Crippen LogP contribution in [0.25, 0.3) is 0 Å². The van der Waals surface area contributed by atoms with Crippen LogP contribution in [0.1, 0.15) is 88.7 Å². The molecule has 0 unspecified atom stereocenters. The van der Waals surface area contributed by atoms with Gasteiger partial charge in [-0.25, -0.2) is 0 Å². The van der Waals surface area contributed by atoms with E-state index in [-0.39, 0.29) is 82.6 Å². The Morgan fingerprint density at radius 2 is 1.01 bits per heavy atom. The van der Waals surface area contributed by atoms with Crippen molar-refractivity contribution in [2.75, 3.05) is 58.2 Å². The third kappa shape index (κ3) is 22.6. The zero-order valence-corrected chi connectivity index (χ0v) is 53.0. The summed E-state index contributed by atoms with van der Waals surface area (Å²) in [5.74, 6) is -12.4. The number of primary amides is 1. The van der Waals surface area contributed by atoms with E-state index in [9.17, 15) is 87.5 Å². The number of carbonyl (C=O) groups excluding carboxylic acids is 13. The molecule has 11 atom stereocenters. The van der Waals surface area contributed by atoms with E-state index >= 15 is 0 Å². The van der Waals surface area contributed by atoms with Crippen LogP contribution in [0.5, 0.6) is 5.75 Å². The van der Waals surface area contributed by atoms with E-state index in [0.717, 1.165) is 4.90 Å². The number of aliphatic hydroxyl groups is 2. The molecule has 13 amide bonds. The fourth-order valence-corrected chi connectivity index (χ4v) is 11.1. The number of aromatic hydroxyl groups is 1. The molecule has 0 aliphatic carbocycles. The van der Waals surface area contributed by atoms with E-state index in [1.165, 1.54) is 41.0 Å². The Kier molecular flexibility index (Phi) is 30.3. The van der Waals surface area contributed by atoms with E-state index in [4.69, 9.17) is 17.2 Å². The van der Waals surface area contributed by atoms with Crippen molar-refractivity contribution in [1.29, 1.82) is 0 Å². The number of carboxylic acids is 1. The second kappa shape index (κ2) is 37.6. The number of nitrogens with two attached hydrogens (primary N) is 3. The van der Waals surface area contributed by atoms with E-state index in [0.29, 0.717) is 36.8 Å². The lowest BCUT2D eigenvalue weighted by atomic mass is 10.0. The lowest BCUT2D eigenvalue weighted by Gasteiger charge is -2.32. The van der Waals surface area contributed by atoms with Crippen molar-refractivity contribution in [3.05, 3.63) is 65.7 Å². The first-order valence-corrected chi connectivity index (χ1v) is 31.6. The number of rotatable bonds is 36. The molecule has 2 aromatic rings. The maximum absolute atomic E-state index is 14.6. The van der Waals surface area contributed by atoms with Crippen molar-refractivity contribution in [3.8, 4) is 5.75 Å². The highest BCUT2D eigenvalue weighted by molar-refractivity contribution is 7.80. The number of nitrogens with zero attached hydrogens (tertiary/aromatic N) is 3. The number of phenolic OH excluding ortho intramolecular Hbond substituents is 1. The molecule has 3 fully saturated rings. The molecular formula is C60H87N15O18S. The van der Waals surface area contributed by atoms with Crippen LogP contribution in [0, 0.1) is 0 Å². The molecule has 94 heavy (non-hydrogen) atoms. The Hall–Kier alpha value is -8.99. The van der Waals surface area contributed by atoms with Gasteiger partial charge in [0.05, 0.1) is 32.3 Å². The van der Waals surface area contributed by atoms with Gasteiger partial charge in [-0.2, -0.15) is 12.6 Å². The average Bonchev–Trinajstić information content (AvgIpc) is 1.62. The van der Waals surface area contributed by atoms with Crippen LogP contribution >= 0.6 is 12.6 Å². The van der Waals surface area contributed by atoms with Gasteiger partial charge < -0.3 is 100 Å². The van der Waals surface area contributed by atoms with Crippen LogP contribution in [0.4, 0.5) is 0 Å². The minimum Gasteiger partial charge on any atom is -0.508 e. The standard InChI is InChI=1S/C60H87N15O18S/c1-33(50(63)83)66-55(88)43(31-77)72-54(87)40(26-34-10-3-2-4-11-34)70-58(91)46-15-9-24-74(46)59(92)38(12-5-6-22-61)68-57(90)45-14-8-25-75(45)60(93)39(20-21-49(81)82)67-47(79)28-64-52(85)42(30-76)71-53(86)41(27-35-16-18-36(78)19-17-35)69-56(89)44-13-7-23-73(44)48(80)29-65-51(84)37(62)32-94/h2-4,10-11,16-19,33,37-46,76-78,94H,5-9,12-15,20-32,61-62H2,1H3,(H2,63,83)(H,64,85)(H,65,84)(H,66,88)(H,67,79)(H,68,90)(H,69,89)(H,70,91)(H,71,86)(H,72,87)(H,81,82)/t33-,37-,38-,39-,40-,41-,42-,43-,44-,45-,46-/m0/s1. The average molecular weight is 1340 g/mol. The van der Waals surface area contributed by atoms with Gasteiger partial charge in [-0.05, 0) is 101 Å². The summed E-state index contributed by atoms with van der Waals surface area (Å²) in [6.07, 6.45) is 0.725. The second-order valence-corrected chi connectivity index (χ2v) is 23.4. The molecule has 3 aliphatic heterocycles. The molecule has 5 rings (SSSR count). The highest BCUT2D eigenvalue weighted by Gasteiger charge is 2.43. The van der Waals surface area contributed by atoms with Crippen LogP contribution in [0.2, 0.25) is 0 Å². The smallest absolute Gasteiger partial charge is 0.303 e. The molecule has 0 saturated carbocycles. The van der Waals surface area contributed by atoms with Crippen molar-refractivity contribution >= 4 is 95.4 Å². The summed E-state index contributed by atoms with van der Waals surface area (Å²) in [5.41, 5.74) is 17.8. The third-order valence-corrected chi connectivity index (χ3v) is 16.5. The number of likely N-dealkylation sites (tertiary alicyclic amines) is 3. The zero-order chi connectivity index (χ0) is 69.2. The summed E-state index contributed by atoms with van der Waals surface area (Å²) in [7, 11) is 0. The Morgan fingerprint density at radius 1 is 0.553 bits per heavy atom. The van der Waals surface area contributed by atoms with Crippen molar-refractivity contribution in [2.45, 2.75) is 157 Å². The number of hydrogen-bond donors (Lipinski definition) is 17. The quantitative estimate of drug-likeness (QED) is 0.0223. The monoisotopic (exact) mass is 1340 g/mol.